The summed E-state index contributed by atoms with van der Waals surface area (Å²) in [5.74, 6) is 0.305. The molecule has 34 heavy (non-hydrogen) atoms. The topological polar surface area (TPSA) is 98.4 Å². The Morgan fingerprint density at radius 3 is 2.41 bits per heavy atom. The van der Waals surface area contributed by atoms with Crippen LogP contribution in [0, 0.1) is 0 Å². The molecule has 2 aromatic carbocycles. The van der Waals surface area contributed by atoms with E-state index < -0.39 is 17.7 Å². The maximum atomic E-state index is 13.2. The quantitative estimate of drug-likeness (QED) is 0.302. The van der Waals surface area contributed by atoms with Crippen molar-refractivity contribution in [2.75, 3.05) is 20.8 Å². The first-order chi connectivity index (χ1) is 16.5. The second-order valence-corrected chi connectivity index (χ2v) is 7.58. The summed E-state index contributed by atoms with van der Waals surface area (Å²) in [6.07, 6.45) is 1.50. The lowest BCUT2D eigenvalue weighted by atomic mass is 9.95. The molecule has 1 fully saturated rings. The Labute approximate surface area is 197 Å². The predicted molar refractivity (Wildman–Crippen MR) is 124 cm³/mol. The van der Waals surface area contributed by atoms with Gasteiger partial charge in [0.25, 0.3) is 11.7 Å². The van der Waals surface area contributed by atoms with E-state index in [4.69, 9.17) is 18.6 Å². The highest BCUT2D eigenvalue weighted by atomic mass is 16.5. The molecule has 1 unspecified atom stereocenters. The van der Waals surface area contributed by atoms with Crippen LogP contribution >= 0.6 is 0 Å². The molecule has 4 rings (SSSR count). The van der Waals surface area contributed by atoms with E-state index in [9.17, 15) is 14.7 Å². The zero-order valence-electron chi connectivity index (χ0n) is 19.1. The molecule has 0 aliphatic carbocycles. The van der Waals surface area contributed by atoms with E-state index in [0.717, 1.165) is 0 Å². The normalized spacial score (nSPS) is 17.1. The van der Waals surface area contributed by atoms with Crippen molar-refractivity contribution in [2.45, 2.75) is 19.5 Å². The van der Waals surface area contributed by atoms with Gasteiger partial charge in [0.05, 0.1) is 45.2 Å². The van der Waals surface area contributed by atoms with E-state index in [1.165, 1.54) is 25.4 Å². The van der Waals surface area contributed by atoms with E-state index in [-0.39, 0.29) is 17.9 Å². The molecule has 1 N–H and O–H groups in total. The second kappa shape index (κ2) is 9.74. The number of amides is 1. The first kappa shape index (κ1) is 23.0. The molecule has 0 bridgehead atoms. The van der Waals surface area contributed by atoms with Gasteiger partial charge in [-0.25, -0.2) is 0 Å². The minimum Gasteiger partial charge on any atom is -0.507 e. The van der Waals surface area contributed by atoms with Crippen LogP contribution in [-0.2, 0) is 16.1 Å². The zero-order chi connectivity index (χ0) is 24.2. The van der Waals surface area contributed by atoms with E-state index in [0.29, 0.717) is 40.7 Å². The van der Waals surface area contributed by atoms with Gasteiger partial charge in [-0.05, 0) is 61.0 Å². The third-order valence-corrected chi connectivity index (χ3v) is 5.61. The van der Waals surface area contributed by atoms with Crippen molar-refractivity contribution >= 4 is 17.4 Å². The molecule has 1 saturated heterocycles. The Hall–Kier alpha value is -4.20. The summed E-state index contributed by atoms with van der Waals surface area (Å²) >= 11 is 0. The van der Waals surface area contributed by atoms with Crippen LogP contribution in [0.25, 0.3) is 5.76 Å². The fourth-order valence-corrected chi connectivity index (χ4v) is 3.99. The number of ether oxygens (including phenoxy) is 3. The van der Waals surface area contributed by atoms with Gasteiger partial charge in [0.1, 0.15) is 17.3 Å². The number of aliphatic hydroxyl groups excluding tert-OH is 1. The average molecular weight is 463 g/mol. The maximum Gasteiger partial charge on any atom is 0.296 e. The number of methoxy groups -OCH3 is 2. The van der Waals surface area contributed by atoms with Gasteiger partial charge in [-0.15, -0.1) is 0 Å². The van der Waals surface area contributed by atoms with Crippen molar-refractivity contribution in [1.29, 1.82) is 0 Å². The van der Waals surface area contributed by atoms with Crippen molar-refractivity contribution < 1.29 is 33.3 Å². The first-order valence-electron chi connectivity index (χ1n) is 10.7. The van der Waals surface area contributed by atoms with E-state index in [1.54, 1.807) is 54.6 Å². The van der Waals surface area contributed by atoms with Crippen LogP contribution in [0.15, 0.2) is 70.9 Å². The van der Waals surface area contributed by atoms with Gasteiger partial charge in [-0.2, -0.15) is 0 Å². The highest BCUT2D eigenvalue weighted by molar-refractivity contribution is 6.46. The number of hydrogen-bond acceptors (Lipinski definition) is 7. The maximum absolute atomic E-state index is 13.2. The number of aliphatic hydroxyl groups is 1. The Kier molecular flexibility index (Phi) is 6.58. The molecule has 3 aromatic rings. The van der Waals surface area contributed by atoms with Gasteiger partial charge in [-0.1, -0.05) is 6.07 Å². The molecule has 8 nitrogen and oxygen atoms in total. The lowest BCUT2D eigenvalue weighted by molar-refractivity contribution is -0.140. The number of benzene rings is 2. The number of hydrogen-bond donors (Lipinski definition) is 1. The monoisotopic (exact) mass is 463 g/mol. The number of carbonyl (C=O) groups is 2. The summed E-state index contributed by atoms with van der Waals surface area (Å²) in [6.45, 7) is 2.36. The molecular formula is C26H25NO7. The summed E-state index contributed by atoms with van der Waals surface area (Å²) in [7, 11) is 3.05. The minimum atomic E-state index is -0.864. The SMILES string of the molecule is CCOc1ccc(C2/C(=C(\O)c3ccc(OC)cc3)C(=O)C(=O)N2Cc2ccco2)cc1OC. The number of furan rings is 1. The highest BCUT2D eigenvalue weighted by Gasteiger charge is 2.46. The summed E-state index contributed by atoms with van der Waals surface area (Å²) in [5, 5.41) is 11.2. The Bertz CT molecular complexity index is 1210. The predicted octanol–water partition coefficient (Wildman–Crippen LogP) is 4.32. The molecule has 8 heteroatoms. The molecule has 1 aliphatic heterocycles. The summed E-state index contributed by atoms with van der Waals surface area (Å²) in [6, 6.07) is 14.3. The second-order valence-electron chi connectivity index (χ2n) is 7.58. The van der Waals surface area contributed by atoms with Gasteiger partial charge in [-0.3, -0.25) is 9.59 Å². The largest absolute Gasteiger partial charge is 0.507 e. The summed E-state index contributed by atoms with van der Waals surface area (Å²) in [4.78, 5) is 27.6. The number of ketones is 1. The van der Waals surface area contributed by atoms with Gasteiger partial charge >= 0.3 is 0 Å². The summed E-state index contributed by atoms with van der Waals surface area (Å²) < 4.78 is 21.7. The number of likely N-dealkylation sites (tertiary alicyclic amines) is 1. The van der Waals surface area contributed by atoms with Gasteiger partial charge in [0.15, 0.2) is 11.5 Å². The Morgan fingerprint density at radius 1 is 1.03 bits per heavy atom. The van der Waals surface area contributed by atoms with E-state index in [2.05, 4.69) is 0 Å². The van der Waals surface area contributed by atoms with Gasteiger partial charge in [0.2, 0.25) is 0 Å². The fourth-order valence-electron chi connectivity index (χ4n) is 3.99. The third-order valence-electron chi connectivity index (χ3n) is 5.61. The number of carbonyl (C=O) groups excluding carboxylic acids is 2. The molecule has 0 saturated carbocycles. The molecule has 0 radical (unpaired) electrons. The average Bonchev–Trinajstić information content (AvgIpc) is 3.46. The molecule has 1 aliphatic rings. The standard InChI is InChI=1S/C26H25NO7/c1-4-33-20-12-9-17(14-21(20)32-3)23-22(24(28)16-7-10-18(31-2)11-8-16)25(29)26(30)27(23)15-19-6-5-13-34-19/h5-14,23,28H,4,15H2,1-3H3/b24-22+. The van der Waals surface area contributed by atoms with Crippen molar-refractivity contribution in [1.82, 2.24) is 4.90 Å². The van der Waals surface area contributed by atoms with Crippen molar-refractivity contribution in [3.8, 4) is 17.2 Å². The van der Waals surface area contributed by atoms with Crippen LogP contribution in [0.4, 0.5) is 0 Å². The lowest BCUT2D eigenvalue weighted by Crippen LogP contribution is -2.29. The number of nitrogens with zero attached hydrogens (tertiary/aromatic N) is 1. The van der Waals surface area contributed by atoms with Crippen molar-refractivity contribution in [2.24, 2.45) is 0 Å². The van der Waals surface area contributed by atoms with Crippen LogP contribution < -0.4 is 14.2 Å². The summed E-state index contributed by atoms with van der Waals surface area (Å²) in [5.41, 5.74) is 0.953. The van der Waals surface area contributed by atoms with E-state index >= 15 is 0 Å². The molecule has 0 spiro atoms. The van der Waals surface area contributed by atoms with Gasteiger partial charge in [0, 0.05) is 5.56 Å². The van der Waals surface area contributed by atoms with E-state index in [1.807, 2.05) is 6.92 Å². The zero-order valence-corrected chi connectivity index (χ0v) is 19.1. The Balaban J connectivity index is 1.86. The van der Waals surface area contributed by atoms with Crippen LogP contribution in [0.2, 0.25) is 0 Å². The third kappa shape index (κ3) is 4.22. The van der Waals surface area contributed by atoms with Crippen molar-refractivity contribution in [3.63, 3.8) is 0 Å². The lowest BCUT2D eigenvalue weighted by Gasteiger charge is -2.25. The smallest absolute Gasteiger partial charge is 0.296 e. The highest BCUT2D eigenvalue weighted by Crippen LogP contribution is 2.42. The molecule has 1 amide bonds. The van der Waals surface area contributed by atoms with Gasteiger partial charge < -0.3 is 28.6 Å². The number of rotatable bonds is 8. The van der Waals surface area contributed by atoms with Crippen LogP contribution in [0.1, 0.15) is 29.9 Å². The molecule has 176 valence electrons. The van der Waals surface area contributed by atoms with Crippen LogP contribution in [0.5, 0.6) is 17.2 Å². The molecule has 1 aromatic heterocycles. The first-order valence-corrected chi connectivity index (χ1v) is 10.7. The molecular weight excluding hydrogens is 438 g/mol. The van der Waals surface area contributed by atoms with Crippen molar-refractivity contribution in [3.05, 3.63) is 83.3 Å². The van der Waals surface area contributed by atoms with Crippen LogP contribution in [-0.4, -0.2) is 42.5 Å². The molecule has 2 heterocycles. The number of Topliss-reactive ketones (excluding diaryl/α,β-unsaturated/α-hetero) is 1. The fraction of sp³-hybridized carbons (Fsp3) is 0.231. The molecule has 1 atom stereocenters. The minimum absolute atomic E-state index is 0.0204. The van der Waals surface area contributed by atoms with Crippen LogP contribution in [0.3, 0.4) is 0 Å². The Morgan fingerprint density at radius 2 is 1.79 bits per heavy atom.